The molecule has 2 aliphatic heterocycles. The van der Waals surface area contributed by atoms with Gasteiger partial charge in [-0.05, 0) is 55.7 Å². The molecular weight excluding hydrogens is 539 g/mol. The first-order valence-corrected chi connectivity index (χ1v) is 14.5. The number of sulfonamides is 1. The van der Waals surface area contributed by atoms with E-state index in [1.165, 1.54) is 33.8 Å². The maximum Gasteiger partial charge on any atom is 0.260 e. The minimum absolute atomic E-state index is 0. The van der Waals surface area contributed by atoms with Crippen molar-refractivity contribution >= 4 is 55.0 Å². The summed E-state index contributed by atoms with van der Waals surface area (Å²) in [7, 11) is -3.56. The van der Waals surface area contributed by atoms with E-state index in [1.807, 2.05) is 0 Å². The Morgan fingerprint density at radius 2 is 1.76 bits per heavy atom. The highest BCUT2D eigenvalue weighted by molar-refractivity contribution is 7.89. The highest BCUT2D eigenvalue weighted by Gasteiger charge is 2.28. The zero-order valence-corrected chi connectivity index (χ0v) is 22.8. The summed E-state index contributed by atoms with van der Waals surface area (Å²) in [5, 5.41) is 0.427. The molecule has 0 saturated carbocycles. The topological polar surface area (TPSA) is 83.1 Å². The number of fused-ring (bicyclic) bond motifs is 1. The van der Waals surface area contributed by atoms with Gasteiger partial charge in [-0.25, -0.2) is 17.8 Å². The largest absolute Gasteiger partial charge is 0.379 e. The molecule has 8 nitrogen and oxygen atoms in total. The molecule has 3 aromatic rings. The first-order chi connectivity index (χ1) is 17.4. The average molecular weight is 569 g/mol. The highest BCUT2D eigenvalue weighted by Crippen LogP contribution is 2.31. The second-order valence-electron chi connectivity index (χ2n) is 8.98. The summed E-state index contributed by atoms with van der Waals surface area (Å²) in [5.41, 5.74) is 0.608. The number of nitrogens with zero attached hydrogens (tertiary/aromatic N) is 4. The van der Waals surface area contributed by atoms with E-state index in [1.54, 1.807) is 29.2 Å². The van der Waals surface area contributed by atoms with Crippen LogP contribution in [0.15, 0.2) is 47.4 Å². The first-order valence-electron chi connectivity index (χ1n) is 12.2. The van der Waals surface area contributed by atoms with Crippen molar-refractivity contribution < 1.29 is 22.3 Å². The number of carbonyl (C=O) groups is 1. The Morgan fingerprint density at radius 3 is 2.43 bits per heavy atom. The van der Waals surface area contributed by atoms with Gasteiger partial charge in [0.05, 0.1) is 22.8 Å². The van der Waals surface area contributed by atoms with Crippen molar-refractivity contribution in [3.8, 4) is 0 Å². The van der Waals surface area contributed by atoms with Crippen molar-refractivity contribution in [2.24, 2.45) is 0 Å². The Labute approximate surface area is 226 Å². The van der Waals surface area contributed by atoms with Gasteiger partial charge in [0.1, 0.15) is 11.3 Å². The number of para-hydroxylation sites is 1. The van der Waals surface area contributed by atoms with Crippen molar-refractivity contribution in [2.45, 2.75) is 24.2 Å². The molecular formula is C25H30ClFN4O4S2. The number of hydrogen-bond donors (Lipinski definition) is 0. The fourth-order valence-corrected chi connectivity index (χ4v) is 7.10. The van der Waals surface area contributed by atoms with E-state index in [2.05, 4.69) is 9.88 Å². The van der Waals surface area contributed by atoms with Crippen molar-refractivity contribution in [1.82, 2.24) is 14.2 Å². The summed E-state index contributed by atoms with van der Waals surface area (Å²) in [6.07, 6.45) is 2.43. The molecule has 3 heterocycles. The van der Waals surface area contributed by atoms with Gasteiger partial charge in [0.25, 0.3) is 5.91 Å². The quantitative estimate of drug-likeness (QED) is 0.408. The molecule has 200 valence electrons. The van der Waals surface area contributed by atoms with Crippen LogP contribution in [0.1, 0.15) is 29.6 Å². The van der Waals surface area contributed by atoms with Crippen LogP contribution in [-0.4, -0.2) is 81.0 Å². The molecule has 1 amide bonds. The van der Waals surface area contributed by atoms with Gasteiger partial charge in [0, 0.05) is 44.8 Å². The van der Waals surface area contributed by atoms with Gasteiger partial charge in [-0.15, -0.1) is 12.4 Å². The van der Waals surface area contributed by atoms with E-state index >= 15 is 0 Å². The van der Waals surface area contributed by atoms with E-state index in [0.29, 0.717) is 54.7 Å². The third-order valence-electron chi connectivity index (χ3n) is 6.60. The number of thiazole rings is 1. The van der Waals surface area contributed by atoms with Crippen molar-refractivity contribution in [1.29, 1.82) is 0 Å². The molecule has 37 heavy (non-hydrogen) atoms. The lowest BCUT2D eigenvalue weighted by Crippen LogP contribution is -2.39. The lowest BCUT2D eigenvalue weighted by atomic mass is 10.2. The summed E-state index contributed by atoms with van der Waals surface area (Å²) in [5.74, 6) is -0.714. The number of aromatic nitrogens is 1. The van der Waals surface area contributed by atoms with E-state index in [4.69, 9.17) is 4.74 Å². The van der Waals surface area contributed by atoms with Crippen LogP contribution in [0.2, 0.25) is 0 Å². The van der Waals surface area contributed by atoms with Crippen LogP contribution in [0.25, 0.3) is 10.2 Å². The number of anilines is 1. The molecule has 0 spiro atoms. The average Bonchev–Trinajstić information content (AvgIpc) is 3.59. The summed E-state index contributed by atoms with van der Waals surface area (Å²) >= 11 is 1.27. The van der Waals surface area contributed by atoms with Gasteiger partial charge in [-0.1, -0.05) is 17.4 Å². The van der Waals surface area contributed by atoms with Gasteiger partial charge >= 0.3 is 0 Å². The van der Waals surface area contributed by atoms with Crippen LogP contribution in [0.3, 0.4) is 0 Å². The molecule has 2 aromatic carbocycles. The van der Waals surface area contributed by atoms with E-state index in [0.717, 1.165) is 32.5 Å². The molecule has 0 atom stereocenters. The smallest absolute Gasteiger partial charge is 0.260 e. The monoisotopic (exact) mass is 568 g/mol. The molecule has 5 rings (SSSR count). The van der Waals surface area contributed by atoms with E-state index in [9.17, 15) is 17.6 Å². The van der Waals surface area contributed by atoms with Crippen LogP contribution in [-0.2, 0) is 14.8 Å². The van der Waals surface area contributed by atoms with Gasteiger partial charge in [0.2, 0.25) is 10.0 Å². The minimum atomic E-state index is -3.56. The van der Waals surface area contributed by atoms with Crippen molar-refractivity contribution in [3.05, 3.63) is 53.8 Å². The van der Waals surface area contributed by atoms with Crippen LogP contribution in [0, 0.1) is 5.82 Å². The van der Waals surface area contributed by atoms with Crippen LogP contribution >= 0.6 is 23.7 Å². The molecule has 0 unspecified atom stereocenters. The number of ether oxygens (including phenoxy) is 1. The standard InChI is InChI=1S/C25H29FN4O4S2.ClH/c26-21-5-3-6-22-23(21)27-25(35-22)30(14-4-11-28-15-17-34-18-16-28)24(31)19-7-9-20(10-8-19)36(32,33)29-12-1-2-13-29;/h3,5-10H,1-2,4,11-18H2;1H. The highest BCUT2D eigenvalue weighted by atomic mass is 35.5. The van der Waals surface area contributed by atoms with Gasteiger partial charge < -0.3 is 4.74 Å². The fraction of sp³-hybridized carbons (Fsp3) is 0.440. The Balaban J connectivity index is 0.00000320. The molecule has 12 heteroatoms. The third-order valence-corrected chi connectivity index (χ3v) is 9.55. The predicted molar refractivity (Wildman–Crippen MR) is 145 cm³/mol. The zero-order valence-electron chi connectivity index (χ0n) is 20.3. The third kappa shape index (κ3) is 6.13. The number of halogens is 2. The molecule has 2 aliphatic rings. The number of carbonyl (C=O) groups excluding carboxylic acids is 1. The molecule has 2 fully saturated rings. The lowest BCUT2D eigenvalue weighted by Gasteiger charge is -2.27. The summed E-state index contributed by atoms with van der Waals surface area (Å²) < 4.78 is 47.6. The lowest BCUT2D eigenvalue weighted by molar-refractivity contribution is 0.0376. The molecule has 1 aromatic heterocycles. The summed E-state index contributed by atoms with van der Waals surface area (Å²) in [6.45, 7) is 5.37. The second kappa shape index (κ2) is 12.1. The maximum atomic E-state index is 14.3. The van der Waals surface area contributed by atoms with Gasteiger partial charge in [-0.3, -0.25) is 14.6 Å². The van der Waals surface area contributed by atoms with Crippen LogP contribution in [0.5, 0.6) is 0 Å². The van der Waals surface area contributed by atoms with Crippen molar-refractivity contribution in [3.63, 3.8) is 0 Å². The van der Waals surface area contributed by atoms with Gasteiger partial charge in [0.15, 0.2) is 5.13 Å². The molecule has 0 aliphatic carbocycles. The number of morpholine rings is 1. The molecule has 0 N–H and O–H groups in total. The Kier molecular flexibility index (Phi) is 9.15. The minimum Gasteiger partial charge on any atom is -0.379 e. The summed E-state index contributed by atoms with van der Waals surface area (Å²) in [4.78, 5) is 22.1. The first kappa shape index (κ1) is 27.9. The number of amides is 1. The zero-order chi connectivity index (χ0) is 25.1. The maximum absolute atomic E-state index is 14.3. The fourth-order valence-electron chi connectivity index (χ4n) is 4.58. The number of hydrogen-bond acceptors (Lipinski definition) is 7. The SMILES string of the molecule is Cl.O=C(c1ccc(S(=O)(=O)N2CCCC2)cc1)N(CCCN1CCOCC1)c1nc2c(F)cccc2s1. The van der Waals surface area contributed by atoms with Crippen LogP contribution < -0.4 is 4.90 Å². The Morgan fingerprint density at radius 1 is 1.05 bits per heavy atom. The predicted octanol–water partition coefficient (Wildman–Crippen LogP) is 4.01. The van der Waals surface area contributed by atoms with Crippen molar-refractivity contribution in [2.75, 3.05) is 57.4 Å². The van der Waals surface area contributed by atoms with E-state index < -0.39 is 15.8 Å². The number of rotatable bonds is 8. The Bertz CT molecular complexity index is 1320. The summed E-state index contributed by atoms with van der Waals surface area (Å²) in [6, 6.07) is 10.9. The molecule has 0 radical (unpaired) electrons. The number of benzene rings is 2. The van der Waals surface area contributed by atoms with Crippen LogP contribution in [0.4, 0.5) is 9.52 Å². The second-order valence-corrected chi connectivity index (χ2v) is 11.9. The molecule has 2 saturated heterocycles. The van der Waals surface area contributed by atoms with E-state index in [-0.39, 0.29) is 28.7 Å². The molecule has 0 bridgehead atoms. The van der Waals surface area contributed by atoms with Gasteiger partial charge in [-0.2, -0.15) is 4.31 Å². The Hall–Kier alpha value is -2.15. The normalized spacial score (nSPS) is 17.1.